The normalized spacial score (nSPS) is 10.2. The molecule has 21 heavy (non-hydrogen) atoms. The van der Waals surface area contributed by atoms with Crippen molar-refractivity contribution in [3.05, 3.63) is 58.6 Å². The van der Waals surface area contributed by atoms with E-state index in [1.165, 1.54) is 7.11 Å². The Morgan fingerprint density at radius 3 is 2.57 bits per heavy atom. The summed E-state index contributed by atoms with van der Waals surface area (Å²) in [6.07, 6.45) is 0.590. The van der Waals surface area contributed by atoms with Gasteiger partial charge in [0.05, 0.1) is 12.1 Å². The van der Waals surface area contributed by atoms with Gasteiger partial charge in [0.2, 0.25) is 0 Å². The summed E-state index contributed by atoms with van der Waals surface area (Å²) >= 11 is 6.07. The summed E-state index contributed by atoms with van der Waals surface area (Å²) in [4.78, 5) is 12.3. The maximum atomic E-state index is 12.3. The van der Waals surface area contributed by atoms with Gasteiger partial charge >= 0.3 is 0 Å². The fraction of sp³-hybridized carbons (Fsp3) is 0.188. The van der Waals surface area contributed by atoms with Crippen LogP contribution < -0.4 is 10.1 Å². The molecule has 2 rings (SSSR count). The monoisotopic (exact) mass is 305 g/mol. The highest BCUT2D eigenvalue weighted by Gasteiger charge is 2.16. The molecule has 0 aliphatic heterocycles. The van der Waals surface area contributed by atoms with Crippen molar-refractivity contribution in [3.8, 4) is 5.75 Å². The molecule has 0 aromatic heterocycles. The minimum atomic E-state index is -0.327. The van der Waals surface area contributed by atoms with Gasteiger partial charge in [-0.2, -0.15) is 0 Å². The fourth-order valence-electron chi connectivity index (χ4n) is 1.97. The van der Waals surface area contributed by atoms with E-state index >= 15 is 0 Å². The summed E-state index contributed by atoms with van der Waals surface area (Å²) in [5.74, 6) is 0.101. The first-order valence-corrected chi connectivity index (χ1v) is 6.87. The lowest BCUT2D eigenvalue weighted by molar-refractivity contribution is 0.102. The number of carbonyl (C=O) groups excluding carboxylic acids is 1. The lowest BCUT2D eigenvalue weighted by Crippen LogP contribution is -2.13. The van der Waals surface area contributed by atoms with Crippen LogP contribution in [0.5, 0.6) is 5.75 Å². The van der Waals surface area contributed by atoms with Gasteiger partial charge in [-0.05, 0) is 36.2 Å². The Morgan fingerprint density at radius 1 is 1.24 bits per heavy atom. The van der Waals surface area contributed by atoms with Crippen molar-refractivity contribution in [3.63, 3.8) is 0 Å². The van der Waals surface area contributed by atoms with Crippen LogP contribution in [-0.4, -0.2) is 24.7 Å². The summed E-state index contributed by atoms with van der Waals surface area (Å²) in [5.41, 5.74) is 1.97. The number of methoxy groups -OCH3 is 1. The van der Waals surface area contributed by atoms with E-state index in [-0.39, 0.29) is 12.5 Å². The van der Waals surface area contributed by atoms with Crippen LogP contribution in [0.3, 0.4) is 0 Å². The highest BCUT2D eigenvalue weighted by Crippen LogP contribution is 2.27. The summed E-state index contributed by atoms with van der Waals surface area (Å²) in [6, 6.07) is 12.3. The largest absolute Gasteiger partial charge is 0.496 e. The maximum Gasteiger partial charge on any atom is 0.260 e. The molecule has 110 valence electrons. The van der Waals surface area contributed by atoms with E-state index < -0.39 is 0 Å². The third-order valence-electron chi connectivity index (χ3n) is 3.03. The Kier molecular flexibility index (Phi) is 5.20. The fourth-order valence-corrected chi connectivity index (χ4v) is 2.22. The zero-order valence-corrected chi connectivity index (χ0v) is 12.4. The molecule has 0 radical (unpaired) electrons. The van der Waals surface area contributed by atoms with Crippen LogP contribution in [0.2, 0.25) is 5.02 Å². The van der Waals surface area contributed by atoms with Crippen LogP contribution in [0.4, 0.5) is 5.69 Å². The minimum Gasteiger partial charge on any atom is -0.496 e. The van der Waals surface area contributed by atoms with E-state index in [9.17, 15) is 4.79 Å². The smallest absolute Gasteiger partial charge is 0.260 e. The van der Waals surface area contributed by atoms with E-state index in [1.807, 2.05) is 12.1 Å². The molecular weight excluding hydrogens is 290 g/mol. The van der Waals surface area contributed by atoms with Gasteiger partial charge < -0.3 is 15.2 Å². The molecule has 0 atom stereocenters. The number of rotatable bonds is 5. The molecule has 5 heteroatoms. The molecule has 2 aromatic rings. The van der Waals surface area contributed by atoms with Crippen molar-refractivity contribution in [1.82, 2.24) is 0 Å². The predicted molar refractivity (Wildman–Crippen MR) is 83.2 cm³/mol. The summed E-state index contributed by atoms with van der Waals surface area (Å²) in [7, 11) is 1.49. The SMILES string of the molecule is COc1cccc(Cl)c1C(=O)Nc1ccc(CCO)cc1. The number of nitrogens with one attached hydrogen (secondary N) is 1. The lowest BCUT2D eigenvalue weighted by atomic mass is 10.1. The zero-order valence-electron chi connectivity index (χ0n) is 11.6. The van der Waals surface area contributed by atoms with Crippen LogP contribution in [0.1, 0.15) is 15.9 Å². The maximum absolute atomic E-state index is 12.3. The van der Waals surface area contributed by atoms with Crippen molar-refractivity contribution < 1.29 is 14.6 Å². The molecule has 4 nitrogen and oxygen atoms in total. The van der Waals surface area contributed by atoms with Crippen LogP contribution in [-0.2, 0) is 6.42 Å². The van der Waals surface area contributed by atoms with Crippen molar-refractivity contribution in [2.75, 3.05) is 19.0 Å². The second kappa shape index (κ2) is 7.11. The molecule has 2 N–H and O–H groups in total. The molecule has 1 amide bonds. The molecule has 0 bridgehead atoms. The van der Waals surface area contributed by atoms with Crippen molar-refractivity contribution in [2.45, 2.75) is 6.42 Å². The van der Waals surface area contributed by atoms with Crippen molar-refractivity contribution >= 4 is 23.2 Å². The van der Waals surface area contributed by atoms with Crippen LogP contribution in [0.15, 0.2) is 42.5 Å². The van der Waals surface area contributed by atoms with Gasteiger partial charge in [0, 0.05) is 12.3 Å². The summed E-state index contributed by atoms with van der Waals surface area (Å²) < 4.78 is 5.16. The van der Waals surface area contributed by atoms with E-state index in [1.54, 1.807) is 30.3 Å². The Hall–Kier alpha value is -2.04. The van der Waals surface area contributed by atoms with Gasteiger partial charge in [-0.1, -0.05) is 29.8 Å². The molecule has 0 fully saturated rings. The Balaban J connectivity index is 2.18. The minimum absolute atomic E-state index is 0.0997. The molecule has 0 aliphatic rings. The van der Waals surface area contributed by atoms with Crippen LogP contribution in [0, 0.1) is 0 Å². The number of benzene rings is 2. The number of ether oxygens (including phenoxy) is 1. The van der Waals surface area contributed by atoms with Crippen molar-refractivity contribution in [1.29, 1.82) is 0 Å². The third-order valence-corrected chi connectivity index (χ3v) is 3.35. The van der Waals surface area contributed by atoms with Gasteiger partial charge in [-0.25, -0.2) is 0 Å². The second-order valence-electron chi connectivity index (χ2n) is 4.44. The van der Waals surface area contributed by atoms with Crippen LogP contribution >= 0.6 is 11.6 Å². The first-order chi connectivity index (χ1) is 10.2. The Labute approximate surface area is 128 Å². The number of amides is 1. The number of hydrogen-bond acceptors (Lipinski definition) is 3. The van der Waals surface area contributed by atoms with Crippen LogP contribution in [0.25, 0.3) is 0 Å². The van der Waals surface area contributed by atoms with E-state index in [4.69, 9.17) is 21.4 Å². The standard InChI is InChI=1S/C16H16ClNO3/c1-21-14-4-2-3-13(17)15(14)16(20)18-12-7-5-11(6-8-12)9-10-19/h2-8,19H,9-10H2,1H3,(H,18,20). The summed E-state index contributed by atoms with van der Waals surface area (Å²) in [6.45, 7) is 0.0997. The van der Waals surface area contributed by atoms with E-state index in [0.29, 0.717) is 28.4 Å². The number of aliphatic hydroxyl groups is 1. The first kappa shape index (κ1) is 15.4. The average molecular weight is 306 g/mol. The molecule has 0 aliphatic carbocycles. The van der Waals surface area contributed by atoms with Gasteiger partial charge in [0.1, 0.15) is 11.3 Å². The van der Waals surface area contributed by atoms with Crippen molar-refractivity contribution in [2.24, 2.45) is 0 Å². The quantitative estimate of drug-likeness (QED) is 0.892. The Bertz CT molecular complexity index is 626. The molecular formula is C16H16ClNO3. The number of anilines is 1. The first-order valence-electron chi connectivity index (χ1n) is 6.49. The van der Waals surface area contributed by atoms with E-state index in [0.717, 1.165) is 5.56 Å². The second-order valence-corrected chi connectivity index (χ2v) is 4.85. The molecule has 0 unspecified atom stereocenters. The number of aliphatic hydroxyl groups excluding tert-OH is 1. The van der Waals surface area contributed by atoms with Gasteiger partial charge in [-0.15, -0.1) is 0 Å². The molecule has 0 saturated carbocycles. The Morgan fingerprint density at radius 2 is 1.95 bits per heavy atom. The molecule has 0 spiro atoms. The molecule has 0 saturated heterocycles. The van der Waals surface area contributed by atoms with Gasteiger partial charge in [0.15, 0.2) is 0 Å². The summed E-state index contributed by atoms with van der Waals surface area (Å²) in [5, 5.41) is 12.0. The highest BCUT2D eigenvalue weighted by atomic mass is 35.5. The number of carbonyl (C=O) groups is 1. The average Bonchev–Trinajstić information content (AvgIpc) is 2.49. The topological polar surface area (TPSA) is 58.6 Å². The third kappa shape index (κ3) is 3.74. The molecule has 2 aromatic carbocycles. The van der Waals surface area contributed by atoms with Gasteiger partial charge in [0.25, 0.3) is 5.91 Å². The van der Waals surface area contributed by atoms with Gasteiger partial charge in [-0.3, -0.25) is 4.79 Å². The lowest BCUT2D eigenvalue weighted by Gasteiger charge is -2.11. The number of halogens is 1. The highest BCUT2D eigenvalue weighted by molar-refractivity contribution is 6.34. The van der Waals surface area contributed by atoms with E-state index in [2.05, 4.69) is 5.32 Å². The molecule has 0 heterocycles. The predicted octanol–water partition coefficient (Wildman–Crippen LogP) is 3.14. The zero-order chi connectivity index (χ0) is 15.2. The number of hydrogen-bond donors (Lipinski definition) is 2.